The highest BCUT2D eigenvalue weighted by atomic mass is 16.3. The van der Waals surface area contributed by atoms with Crippen LogP contribution < -0.4 is 10.2 Å². The third-order valence-electron chi connectivity index (χ3n) is 3.66. The Balaban J connectivity index is 1.96. The molecule has 1 aromatic heterocycles. The summed E-state index contributed by atoms with van der Waals surface area (Å²) in [4.78, 5) is 10.9. The Morgan fingerprint density at radius 2 is 2.21 bits per heavy atom. The number of aryl methyl sites for hydroxylation is 1. The molecule has 1 aliphatic carbocycles. The second-order valence-corrected chi connectivity index (χ2v) is 5.34. The first-order chi connectivity index (χ1) is 9.19. The van der Waals surface area contributed by atoms with Crippen molar-refractivity contribution in [3.05, 3.63) is 11.9 Å². The number of rotatable bonds is 7. The van der Waals surface area contributed by atoms with Crippen molar-refractivity contribution in [2.75, 3.05) is 37.0 Å². The van der Waals surface area contributed by atoms with Gasteiger partial charge in [0, 0.05) is 32.8 Å². The molecule has 1 saturated carbocycles. The molecule has 1 aliphatic rings. The summed E-state index contributed by atoms with van der Waals surface area (Å²) in [7, 11) is 1.99. The lowest BCUT2D eigenvalue weighted by Crippen LogP contribution is -2.23. The van der Waals surface area contributed by atoms with Crippen LogP contribution in [-0.4, -0.2) is 41.8 Å². The van der Waals surface area contributed by atoms with Gasteiger partial charge in [-0.25, -0.2) is 9.97 Å². The SMILES string of the molecule is Cc1nc(NCC2CCC2)cc(N(C)CCCO)n1. The van der Waals surface area contributed by atoms with Gasteiger partial charge in [0.15, 0.2) is 0 Å². The van der Waals surface area contributed by atoms with Crippen LogP contribution in [0.4, 0.5) is 11.6 Å². The normalized spacial score (nSPS) is 15.1. The van der Waals surface area contributed by atoms with Gasteiger partial charge in [0.05, 0.1) is 0 Å². The predicted octanol–water partition coefficient (Wildman–Crippen LogP) is 1.82. The highest BCUT2D eigenvalue weighted by Gasteiger charge is 2.17. The van der Waals surface area contributed by atoms with Gasteiger partial charge in [0.25, 0.3) is 0 Å². The van der Waals surface area contributed by atoms with Crippen LogP contribution in [0.3, 0.4) is 0 Å². The lowest BCUT2D eigenvalue weighted by atomic mass is 9.85. The van der Waals surface area contributed by atoms with Gasteiger partial charge in [-0.1, -0.05) is 6.42 Å². The number of nitrogens with zero attached hydrogens (tertiary/aromatic N) is 3. The van der Waals surface area contributed by atoms with E-state index in [2.05, 4.69) is 20.2 Å². The summed E-state index contributed by atoms with van der Waals surface area (Å²) in [6, 6.07) is 1.99. The number of hydrogen-bond donors (Lipinski definition) is 2. The Morgan fingerprint density at radius 3 is 2.84 bits per heavy atom. The Kier molecular flexibility index (Phi) is 4.96. The van der Waals surface area contributed by atoms with Gasteiger partial charge >= 0.3 is 0 Å². The van der Waals surface area contributed by atoms with Crippen LogP contribution in [-0.2, 0) is 0 Å². The second kappa shape index (κ2) is 6.70. The van der Waals surface area contributed by atoms with Gasteiger partial charge in [0.2, 0.25) is 0 Å². The standard InChI is InChI=1S/C14H24N4O/c1-11-16-13(15-10-12-5-3-6-12)9-14(17-11)18(2)7-4-8-19/h9,12,19H,3-8,10H2,1-2H3,(H,15,16,17). The topological polar surface area (TPSA) is 61.3 Å². The summed E-state index contributed by atoms with van der Waals surface area (Å²) < 4.78 is 0. The molecular weight excluding hydrogens is 240 g/mol. The van der Waals surface area contributed by atoms with E-state index >= 15 is 0 Å². The monoisotopic (exact) mass is 264 g/mol. The van der Waals surface area contributed by atoms with E-state index in [0.717, 1.165) is 42.9 Å². The van der Waals surface area contributed by atoms with Crippen molar-refractivity contribution in [2.45, 2.75) is 32.6 Å². The number of aliphatic hydroxyl groups is 1. The fourth-order valence-electron chi connectivity index (χ4n) is 2.21. The highest BCUT2D eigenvalue weighted by Crippen LogP contribution is 2.26. The Hall–Kier alpha value is -1.36. The third-order valence-corrected chi connectivity index (χ3v) is 3.66. The fraction of sp³-hybridized carbons (Fsp3) is 0.714. The number of anilines is 2. The molecule has 2 N–H and O–H groups in total. The number of aromatic nitrogens is 2. The summed E-state index contributed by atoms with van der Waals surface area (Å²) in [5.74, 6) is 3.41. The summed E-state index contributed by atoms with van der Waals surface area (Å²) in [6.07, 6.45) is 4.79. The summed E-state index contributed by atoms with van der Waals surface area (Å²) in [5.41, 5.74) is 0. The molecule has 1 fully saturated rings. The molecule has 0 saturated heterocycles. The number of aliphatic hydroxyl groups excluding tert-OH is 1. The van der Waals surface area contributed by atoms with Crippen molar-refractivity contribution in [1.82, 2.24) is 9.97 Å². The number of nitrogens with one attached hydrogen (secondary N) is 1. The van der Waals surface area contributed by atoms with Crippen LogP contribution in [0.5, 0.6) is 0 Å². The first kappa shape index (κ1) is 14.1. The van der Waals surface area contributed by atoms with E-state index in [-0.39, 0.29) is 6.61 Å². The average Bonchev–Trinajstić information content (AvgIpc) is 2.33. The predicted molar refractivity (Wildman–Crippen MR) is 77.6 cm³/mol. The zero-order valence-electron chi connectivity index (χ0n) is 11.9. The van der Waals surface area contributed by atoms with Crippen molar-refractivity contribution >= 4 is 11.6 Å². The Labute approximate surface area is 115 Å². The Bertz CT molecular complexity index is 406. The van der Waals surface area contributed by atoms with E-state index < -0.39 is 0 Å². The molecular formula is C14H24N4O. The molecule has 106 valence electrons. The molecule has 19 heavy (non-hydrogen) atoms. The van der Waals surface area contributed by atoms with Crippen LogP contribution in [0.1, 0.15) is 31.5 Å². The molecule has 0 atom stereocenters. The largest absolute Gasteiger partial charge is 0.396 e. The van der Waals surface area contributed by atoms with Gasteiger partial charge in [-0.3, -0.25) is 0 Å². The lowest BCUT2D eigenvalue weighted by Gasteiger charge is -2.26. The van der Waals surface area contributed by atoms with Gasteiger partial charge < -0.3 is 15.3 Å². The highest BCUT2D eigenvalue weighted by molar-refractivity contribution is 5.48. The van der Waals surface area contributed by atoms with Crippen molar-refractivity contribution in [3.8, 4) is 0 Å². The molecule has 0 aromatic carbocycles. The summed E-state index contributed by atoms with van der Waals surface area (Å²) in [5, 5.41) is 12.3. The number of hydrogen-bond acceptors (Lipinski definition) is 5. The first-order valence-corrected chi connectivity index (χ1v) is 7.10. The van der Waals surface area contributed by atoms with E-state index in [4.69, 9.17) is 5.11 Å². The van der Waals surface area contributed by atoms with E-state index in [1.807, 2.05) is 20.0 Å². The third kappa shape index (κ3) is 4.06. The molecule has 0 spiro atoms. The molecule has 1 heterocycles. The minimum atomic E-state index is 0.210. The van der Waals surface area contributed by atoms with Crippen LogP contribution in [0, 0.1) is 12.8 Å². The fourth-order valence-corrected chi connectivity index (χ4v) is 2.21. The molecule has 0 bridgehead atoms. The maximum Gasteiger partial charge on any atom is 0.134 e. The summed E-state index contributed by atoms with van der Waals surface area (Å²) in [6.45, 7) is 3.93. The van der Waals surface area contributed by atoms with Gasteiger partial charge in [-0.15, -0.1) is 0 Å². The van der Waals surface area contributed by atoms with Crippen molar-refractivity contribution in [3.63, 3.8) is 0 Å². The van der Waals surface area contributed by atoms with Crippen LogP contribution in [0.2, 0.25) is 0 Å². The molecule has 0 amide bonds. The van der Waals surface area contributed by atoms with Crippen molar-refractivity contribution in [2.24, 2.45) is 5.92 Å². The van der Waals surface area contributed by atoms with E-state index in [1.165, 1.54) is 19.3 Å². The average molecular weight is 264 g/mol. The first-order valence-electron chi connectivity index (χ1n) is 7.10. The molecule has 1 aromatic rings. The van der Waals surface area contributed by atoms with Crippen molar-refractivity contribution in [1.29, 1.82) is 0 Å². The summed E-state index contributed by atoms with van der Waals surface area (Å²) >= 11 is 0. The minimum absolute atomic E-state index is 0.210. The quantitative estimate of drug-likeness (QED) is 0.786. The van der Waals surface area contributed by atoms with Gasteiger partial charge in [-0.05, 0) is 32.1 Å². The molecule has 0 unspecified atom stereocenters. The molecule has 5 heteroatoms. The zero-order chi connectivity index (χ0) is 13.7. The zero-order valence-corrected chi connectivity index (χ0v) is 11.9. The van der Waals surface area contributed by atoms with Gasteiger partial charge in [-0.2, -0.15) is 0 Å². The van der Waals surface area contributed by atoms with Gasteiger partial charge in [0.1, 0.15) is 17.5 Å². The van der Waals surface area contributed by atoms with Crippen LogP contribution in [0.25, 0.3) is 0 Å². The minimum Gasteiger partial charge on any atom is -0.396 e. The molecule has 5 nitrogen and oxygen atoms in total. The van der Waals surface area contributed by atoms with Crippen molar-refractivity contribution < 1.29 is 5.11 Å². The van der Waals surface area contributed by atoms with E-state index in [0.29, 0.717) is 0 Å². The molecule has 2 rings (SSSR count). The van der Waals surface area contributed by atoms with Crippen LogP contribution in [0.15, 0.2) is 6.07 Å². The van der Waals surface area contributed by atoms with Crippen LogP contribution >= 0.6 is 0 Å². The van der Waals surface area contributed by atoms with E-state index in [9.17, 15) is 0 Å². The maximum atomic E-state index is 8.88. The smallest absolute Gasteiger partial charge is 0.134 e. The van der Waals surface area contributed by atoms with E-state index in [1.54, 1.807) is 0 Å². The maximum absolute atomic E-state index is 8.88. The molecule has 0 aliphatic heterocycles. The molecule has 0 radical (unpaired) electrons. The lowest BCUT2D eigenvalue weighted by molar-refractivity contribution is 0.290. The second-order valence-electron chi connectivity index (χ2n) is 5.34. The Morgan fingerprint density at radius 1 is 1.42 bits per heavy atom.